The molecular weight excluding hydrogens is 280 g/mol. The second-order valence-electron chi connectivity index (χ2n) is 3.29. The maximum absolute atomic E-state index is 5.62. The lowest BCUT2D eigenvalue weighted by molar-refractivity contribution is 1.15. The molecule has 0 spiro atoms. The molecule has 2 aromatic rings. The minimum absolute atomic E-state index is 0.391. The molecule has 17 heavy (non-hydrogen) atoms. The fourth-order valence-electron chi connectivity index (χ4n) is 1.31. The molecule has 4 nitrogen and oxygen atoms in total. The largest absolute Gasteiger partial charge is 0.383 e. The van der Waals surface area contributed by atoms with E-state index in [4.69, 9.17) is 12.2 Å². The van der Waals surface area contributed by atoms with Crippen LogP contribution in [0.5, 0.6) is 0 Å². The molecule has 0 amide bonds. The smallest absolute Gasteiger partial charge is 0.230 e. The van der Waals surface area contributed by atoms with Gasteiger partial charge in [-0.05, 0) is 34.1 Å². The molecule has 0 aliphatic rings. The van der Waals surface area contributed by atoms with Crippen molar-refractivity contribution in [3.8, 4) is 12.3 Å². The maximum atomic E-state index is 5.62. The minimum Gasteiger partial charge on any atom is -0.383 e. The first-order valence-corrected chi connectivity index (χ1v) is 5.60. The Kier molecular flexibility index (Phi) is 3.26. The van der Waals surface area contributed by atoms with Gasteiger partial charge in [-0.2, -0.15) is 4.98 Å². The molecule has 2 rings (SSSR count). The van der Waals surface area contributed by atoms with E-state index in [1.165, 1.54) is 0 Å². The van der Waals surface area contributed by atoms with Gasteiger partial charge in [0.05, 0.1) is 0 Å². The Morgan fingerprint density at radius 1 is 1.29 bits per heavy atom. The Balaban J connectivity index is 2.28. The number of nitrogens with one attached hydrogen (secondary N) is 1. The van der Waals surface area contributed by atoms with E-state index in [2.05, 4.69) is 37.1 Å². The van der Waals surface area contributed by atoms with Crippen molar-refractivity contribution < 1.29 is 0 Å². The predicted molar refractivity (Wildman–Crippen MR) is 71.8 cm³/mol. The molecule has 0 fully saturated rings. The first kappa shape index (κ1) is 11.4. The molecule has 0 aliphatic carbocycles. The molecular formula is C12H9BrN4. The summed E-state index contributed by atoms with van der Waals surface area (Å²) in [6.07, 6.45) is 5.32. The van der Waals surface area contributed by atoms with Crippen molar-refractivity contribution in [1.82, 2.24) is 9.97 Å². The van der Waals surface area contributed by atoms with E-state index in [1.807, 2.05) is 24.3 Å². The second-order valence-corrected chi connectivity index (χ2v) is 4.10. The van der Waals surface area contributed by atoms with Crippen LogP contribution in [0.4, 0.5) is 17.5 Å². The van der Waals surface area contributed by atoms with E-state index >= 15 is 0 Å². The van der Waals surface area contributed by atoms with Crippen molar-refractivity contribution in [2.45, 2.75) is 0 Å². The van der Waals surface area contributed by atoms with Gasteiger partial charge >= 0.3 is 0 Å². The lowest BCUT2D eigenvalue weighted by Crippen LogP contribution is -2.00. The second kappa shape index (κ2) is 4.85. The van der Waals surface area contributed by atoms with Crippen molar-refractivity contribution in [3.63, 3.8) is 0 Å². The lowest BCUT2D eigenvalue weighted by Gasteiger charge is -2.06. The molecule has 1 aromatic heterocycles. The highest BCUT2D eigenvalue weighted by Gasteiger charge is 2.01. The topological polar surface area (TPSA) is 63.8 Å². The Labute approximate surface area is 107 Å². The summed E-state index contributed by atoms with van der Waals surface area (Å²) in [6.45, 7) is 0. The number of benzene rings is 1. The first-order chi connectivity index (χ1) is 8.17. The van der Waals surface area contributed by atoms with E-state index in [0.29, 0.717) is 16.4 Å². The first-order valence-electron chi connectivity index (χ1n) is 4.81. The highest BCUT2D eigenvalue weighted by atomic mass is 79.9. The summed E-state index contributed by atoms with van der Waals surface area (Å²) in [4.78, 5) is 8.21. The Hall–Kier alpha value is -2.06. The number of anilines is 3. The van der Waals surface area contributed by atoms with Crippen molar-refractivity contribution in [2.75, 3.05) is 11.1 Å². The average molecular weight is 289 g/mol. The number of aromatic nitrogens is 2. The number of nitrogens with two attached hydrogens (primary N) is 1. The summed E-state index contributed by atoms with van der Waals surface area (Å²) in [5, 5.41) is 3.03. The molecule has 0 saturated carbocycles. The van der Waals surface area contributed by atoms with Crippen molar-refractivity contribution in [1.29, 1.82) is 0 Å². The van der Waals surface area contributed by atoms with Gasteiger partial charge in [-0.3, -0.25) is 0 Å². The van der Waals surface area contributed by atoms with E-state index in [0.717, 1.165) is 11.3 Å². The fraction of sp³-hybridized carbons (Fsp3) is 0. The van der Waals surface area contributed by atoms with Gasteiger partial charge in [0.15, 0.2) is 0 Å². The van der Waals surface area contributed by atoms with Crippen LogP contribution in [0.25, 0.3) is 0 Å². The summed E-state index contributed by atoms with van der Waals surface area (Å²) >= 11 is 3.25. The lowest BCUT2D eigenvalue weighted by atomic mass is 10.2. The summed E-state index contributed by atoms with van der Waals surface area (Å²) in [5.74, 6) is 3.37. The molecule has 0 radical (unpaired) electrons. The van der Waals surface area contributed by atoms with E-state index in [1.54, 1.807) is 6.07 Å². The van der Waals surface area contributed by atoms with Gasteiger partial charge in [-0.25, -0.2) is 4.98 Å². The summed E-state index contributed by atoms with van der Waals surface area (Å²) < 4.78 is 0.626. The summed E-state index contributed by atoms with van der Waals surface area (Å²) in [7, 11) is 0. The van der Waals surface area contributed by atoms with Crippen molar-refractivity contribution in [2.24, 2.45) is 0 Å². The zero-order valence-electron chi connectivity index (χ0n) is 8.81. The molecule has 0 unspecified atom stereocenters. The predicted octanol–water partition coefficient (Wildman–Crippen LogP) is 2.55. The number of hydrogen-bond acceptors (Lipinski definition) is 4. The molecule has 84 valence electrons. The highest BCUT2D eigenvalue weighted by Crippen LogP contribution is 2.17. The quantitative estimate of drug-likeness (QED) is 0.658. The van der Waals surface area contributed by atoms with Crippen LogP contribution in [0.1, 0.15) is 5.56 Å². The van der Waals surface area contributed by atoms with Gasteiger partial charge in [0.25, 0.3) is 0 Å². The zero-order chi connectivity index (χ0) is 12.3. The Bertz CT molecular complexity index is 569. The number of rotatable bonds is 2. The van der Waals surface area contributed by atoms with E-state index in [9.17, 15) is 0 Å². The van der Waals surface area contributed by atoms with Gasteiger partial charge in [0.1, 0.15) is 10.4 Å². The Morgan fingerprint density at radius 2 is 2.12 bits per heavy atom. The molecule has 0 bridgehead atoms. The van der Waals surface area contributed by atoms with Crippen LogP contribution in [-0.4, -0.2) is 9.97 Å². The van der Waals surface area contributed by atoms with Crippen LogP contribution in [-0.2, 0) is 0 Å². The number of nitrogens with zero attached hydrogens (tertiary/aromatic N) is 2. The Morgan fingerprint density at radius 3 is 2.82 bits per heavy atom. The van der Waals surface area contributed by atoms with Crippen molar-refractivity contribution in [3.05, 3.63) is 40.5 Å². The molecule has 5 heteroatoms. The minimum atomic E-state index is 0.391. The third kappa shape index (κ3) is 2.95. The van der Waals surface area contributed by atoms with Gasteiger partial charge in [-0.1, -0.05) is 12.0 Å². The van der Waals surface area contributed by atoms with Crippen LogP contribution in [0.3, 0.4) is 0 Å². The molecule has 1 aromatic carbocycles. The molecule has 0 saturated heterocycles. The molecule has 1 heterocycles. The van der Waals surface area contributed by atoms with Gasteiger partial charge in [-0.15, -0.1) is 6.42 Å². The van der Waals surface area contributed by atoms with Crippen LogP contribution in [0, 0.1) is 12.3 Å². The molecule has 0 aliphatic heterocycles. The highest BCUT2D eigenvalue weighted by molar-refractivity contribution is 9.10. The van der Waals surface area contributed by atoms with E-state index < -0.39 is 0 Å². The summed E-state index contributed by atoms with van der Waals surface area (Å²) in [6, 6.07) is 9.05. The van der Waals surface area contributed by atoms with Crippen LogP contribution in [0.15, 0.2) is 34.9 Å². The van der Waals surface area contributed by atoms with Crippen molar-refractivity contribution >= 4 is 33.4 Å². The van der Waals surface area contributed by atoms with E-state index in [-0.39, 0.29) is 0 Å². The number of halogens is 1. The SMILES string of the molecule is C#Cc1cccc(Nc2nc(N)cc(Br)n2)c1. The number of nitrogen functional groups attached to an aromatic ring is 1. The monoisotopic (exact) mass is 288 g/mol. The average Bonchev–Trinajstić information content (AvgIpc) is 2.28. The van der Waals surface area contributed by atoms with Gasteiger partial charge in [0, 0.05) is 17.3 Å². The zero-order valence-corrected chi connectivity index (χ0v) is 10.4. The van der Waals surface area contributed by atoms with Gasteiger partial charge in [0.2, 0.25) is 5.95 Å². The maximum Gasteiger partial charge on any atom is 0.230 e. The number of hydrogen-bond donors (Lipinski definition) is 2. The summed E-state index contributed by atoms with van der Waals surface area (Å²) in [5.41, 5.74) is 7.22. The third-order valence-electron chi connectivity index (χ3n) is 2.00. The van der Waals surface area contributed by atoms with Crippen LogP contribution in [0.2, 0.25) is 0 Å². The molecule has 0 atom stereocenters. The van der Waals surface area contributed by atoms with Gasteiger partial charge < -0.3 is 11.1 Å². The van der Waals surface area contributed by atoms with Crippen LogP contribution >= 0.6 is 15.9 Å². The van der Waals surface area contributed by atoms with Crippen LogP contribution < -0.4 is 11.1 Å². The molecule has 3 N–H and O–H groups in total. The standard InChI is InChI=1S/C12H9BrN4/c1-2-8-4-3-5-9(6-8)15-12-16-10(13)7-11(14)17-12/h1,3-7H,(H3,14,15,16,17). The normalized spacial score (nSPS) is 9.65. The number of terminal acetylenes is 1. The fourth-order valence-corrected chi connectivity index (χ4v) is 1.71. The third-order valence-corrected chi connectivity index (χ3v) is 2.41.